The molecule has 4 N–H and O–H groups in total. The Labute approximate surface area is 181 Å². The molecule has 0 saturated carbocycles. The van der Waals surface area contributed by atoms with Gasteiger partial charge in [0.2, 0.25) is 0 Å². The standard InChI is InChI=1S/C20H23FN4O2.2ClH/c1-4-22-7-8-23-20(27)18-11(2)17(24-12(18)3)10-15-14-9-13(21)5-6-16(14)25-19(15)26;;/h5-6,9-10,22,24H,4,7-8H2,1-3H3,(H,23,27)(H,25,26);2*1H/b15-10-;;. The lowest BCUT2D eigenvalue weighted by atomic mass is 10.0. The van der Waals surface area contributed by atoms with E-state index in [2.05, 4.69) is 20.9 Å². The molecule has 1 aliphatic heterocycles. The van der Waals surface area contributed by atoms with E-state index in [-0.39, 0.29) is 36.6 Å². The zero-order chi connectivity index (χ0) is 19.6. The molecule has 6 nitrogen and oxygen atoms in total. The number of H-pyrrole nitrogens is 1. The summed E-state index contributed by atoms with van der Waals surface area (Å²) in [5, 5.41) is 8.76. The van der Waals surface area contributed by atoms with Crippen LogP contribution < -0.4 is 16.0 Å². The Morgan fingerprint density at radius 2 is 1.93 bits per heavy atom. The summed E-state index contributed by atoms with van der Waals surface area (Å²) >= 11 is 0. The number of nitrogens with one attached hydrogen (secondary N) is 4. The van der Waals surface area contributed by atoms with Gasteiger partial charge in [-0.05, 0) is 50.2 Å². The first kappa shape index (κ1) is 24.7. The second kappa shape index (κ2) is 10.4. The van der Waals surface area contributed by atoms with Crippen molar-refractivity contribution >= 4 is 54.0 Å². The van der Waals surface area contributed by atoms with Crippen molar-refractivity contribution in [1.29, 1.82) is 0 Å². The van der Waals surface area contributed by atoms with Crippen LogP contribution in [0.1, 0.15) is 39.8 Å². The third-order valence-electron chi connectivity index (χ3n) is 4.59. The Morgan fingerprint density at radius 3 is 2.62 bits per heavy atom. The molecule has 29 heavy (non-hydrogen) atoms. The molecule has 2 aromatic rings. The number of rotatable bonds is 6. The molecule has 0 fully saturated rings. The average molecular weight is 443 g/mol. The molecule has 1 aromatic heterocycles. The molecule has 3 rings (SSSR count). The SMILES string of the molecule is CCNCCNC(=O)c1c(C)[nH]c(/C=C2\C(=O)Nc3ccc(F)cc32)c1C.Cl.Cl. The van der Waals surface area contributed by atoms with E-state index in [4.69, 9.17) is 0 Å². The summed E-state index contributed by atoms with van der Waals surface area (Å²) in [5.74, 6) is -0.860. The molecule has 0 aliphatic carbocycles. The molecule has 0 bridgehead atoms. The molecule has 2 amide bonds. The Bertz CT molecular complexity index is 941. The molecular formula is C20H25Cl2FN4O2. The normalized spacial score (nSPS) is 13.4. The number of amides is 2. The highest BCUT2D eigenvalue weighted by atomic mass is 35.5. The van der Waals surface area contributed by atoms with Gasteiger partial charge in [-0.3, -0.25) is 9.59 Å². The number of benzene rings is 1. The fourth-order valence-electron chi connectivity index (χ4n) is 3.24. The van der Waals surface area contributed by atoms with Gasteiger partial charge in [0.25, 0.3) is 11.8 Å². The number of aryl methyl sites for hydroxylation is 1. The minimum absolute atomic E-state index is 0. The first-order valence-electron chi connectivity index (χ1n) is 8.93. The van der Waals surface area contributed by atoms with Gasteiger partial charge in [-0.2, -0.15) is 0 Å². The minimum Gasteiger partial charge on any atom is -0.358 e. The lowest BCUT2D eigenvalue weighted by Gasteiger charge is -2.06. The van der Waals surface area contributed by atoms with E-state index in [1.54, 1.807) is 12.1 Å². The van der Waals surface area contributed by atoms with Gasteiger partial charge >= 0.3 is 0 Å². The highest BCUT2D eigenvalue weighted by Gasteiger charge is 2.26. The van der Waals surface area contributed by atoms with Gasteiger partial charge in [0, 0.05) is 35.7 Å². The van der Waals surface area contributed by atoms with Crippen LogP contribution >= 0.6 is 24.8 Å². The largest absolute Gasteiger partial charge is 0.358 e. The fourth-order valence-corrected chi connectivity index (χ4v) is 3.24. The van der Waals surface area contributed by atoms with Crippen LogP contribution in [-0.2, 0) is 4.79 Å². The quantitative estimate of drug-likeness (QED) is 0.408. The summed E-state index contributed by atoms with van der Waals surface area (Å²) in [6.07, 6.45) is 1.67. The number of halogens is 3. The second-order valence-electron chi connectivity index (χ2n) is 6.48. The first-order chi connectivity index (χ1) is 12.9. The van der Waals surface area contributed by atoms with Gasteiger partial charge in [0.05, 0.1) is 11.1 Å². The molecular weight excluding hydrogens is 418 g/mol. The van der Waals surface area contributed by atoms with Crippen LogP contribution in [0.25, 0.3) is 11.6 Å². The number of carbonyl (C=O) groups is 2. The molecule has 2 heterocycles. The predicted octanol–water partition coefficient (Wildman–Crippen LogP) is 3.45. The maximum absolute atomic E-state index is 13.6. The van der Waals surface area contributed by atoms with Crippen LogP contribution in [0.3, 0.4) is 0 Å². The van der Waals surface area contributed by atoms with Crippen LogP contribution in [0.2, 0.25) is 0 Å². The number of hydrogen-bond donors (Lipinski definition) is 4. The molecule has 1 aliphatic rings. The monoisotopic (exact) mass is 442 g/mol. The summed E-state index contributed by atoms with van der Waals surface area (Å²) in [6.45, 7) is 7.72. The lowest BCUT2D eigenvalue weighted by Crippen LogP contribution is -2.32. The van der Waals surface area contributed by atoms with Gasteiger partial charge in [-0.25, -0.2) is 4.39 Å². The molecule has 0 unspecified atom stereocenters. The Hall–Kier alpha value is -2.35. The summed E-state index contributed by atoms with van der Waals surface area (Å²) < 4.78 is 13.6. The molecule has 158 valence electrons. The molecule has 1 aromatic carbocycles. The van der Waals surface area contributed by atoms with E-state index >= 15 is 0 Å². The highest BCUT2D eigenvalue weighted by molar-refractivity contribution is 6.34. The number of aromatic nitrogens is 1. The van der Waals surface area contributed by atoms with E-state index in [0.717, 1.165) is 17.8 Å². The van der Waals surface area contributed by atoms with E-state index in [0.29, 0.717) is 41.2 Å². The number of hydrogen-bond acceptors (Lipinski definition) is 3. The zero-order valence-electron chi connectivity index (χ0n) is 16.4. The smallest absolute Gasteiger partial charge is 0.256 e. The number of aromatic amines is 1. The van der Waals surface area contributed by atoms with E-state index < -0.39 is 5.82 Å². The fraction of sp³-hybridized carbons (Fsp3) is 0.300. The summed E-state index contributed by atoms with van der Waals surface area (Å²) in [7, 11) is 0. The first-order valence-corrected chi connectivity index (χ1v) is 8.93. The van der Waals surface area contributed by atoms with Crippen LogP contribution in [0.15, 0.2) is 18.2 Å². The molecule has 0 spiro atoms. The van der Waals surface area contributed by atoms with Crippen LogP contribution in [0.5, 0.6) is 0 Å². The van der Waals surface area contributed by atoms with Crippen molar-refractivity contribution in [2.24, 2.45) is 0 Å². The minimum atomic E-state index is -0.406. The van der Waals surface area contributed by atoms with Gasteiger partial charge in [0.15, 0.2) is 0 Å². The molecule has 0 saturated heterocycles. The number of carbonyl (C=O) groups excluding carboxylic acids is 2. The highest BCUT2D eigenvalue weighted by Crippen LogP contribution is 2.34. The van der Waals surface area contributed by atoms with Gasteiger partial charge < -0.3 is 20.9 Å². The third kappa shape index (κ3) is 5.18. The van der Waals surface area contributed by atoms with Crippen molar-refractivity contribution in [1.82, 2.24) is 15.6 Å². The van der Waals surface area contributed by atoms with Crippen molar-refractivity contribution in [3.05, 3.63) is 52.1 Å². The zero-order valence-corrected chi connectivity index (χ0v) is 18.1. The molecule has 9 heteroatoms. The summed E-state index contributed by atoms with van der Waals surface area (Å²) in [5.41, 5.74) is 4.16. The summed E-state index contributed by atoms with van der Waals surface area (Å²) in [4.78, 5) is 27.9. The van der Waals surface area contributed by atoms with Crippen molar-refractivity contribution in [2.75, 3.05) is 25.0 Å². The van der Waals surface area contributed by atoms with Crippen LogP contribution in [0.4, 0.5) is 10.1 Å². The topological polar surface area (TPSA) is 86.0 Å². The van der Waals surface area contributed by atoms with Crippen molar-refractivity contribution in [3.63, 3.8) is 0 Å². The number of anilines is 1. The maximum Gasteiger partial charge on any atom is 0.256 e. The van der Waals surface area contributed by atoms with Crippen LogP contribution in [0, 0.1) is 19.7 Å². The Morgan fingerprint density at radius 1 is 1.21 bits per heavy atom. The van der Waals surface area contributed by atoms with Crippen molar-refractivity contribution in [3.8, 4) is 0 Å². The molecule has 0 radical (unpaired) electrons. The van der Waals surface area contributed by atoms with Crippen molar-refractivity contribution < 1.29 is 14.0 Å². The van der Waals surface area contributed by atoms with Gasteiger partial charge in [-0.15, -0.1) is 24.8 Å². The van der Waals surface area contributed by atoms with E-state index in [1.165, 1.54) is 12.1 Å². The van der Waals surface area contributed by atoms with Gasteiger partial charge in [0.1, 0.15) is 5.82 Å². The lowest BCUT2D eigenvalue weighted by molar-refractivity contribution is -0.110. The van der Waals surface area contributed by atoms with E-state index in [1.807, 2.05) is 20.8 Å². The number of likely N-dealkylation sites (N-methyl/N-ethyl adjacent to an activating group) is 1. The molecule has 0 atom stereocenters. The number of fused-ring (bicyclic) bond motifs is 1. The summed E-state index contributed by atoms with van der Waals surface area (Å²) in [6, 6.07) is 4.18. The van der Waals surface area contributed by atoms with Crippen molar-refractivity contribution in [2.45, 2.75) is 20.8 Å². The Kier molecular flexibility index (Phi) is 8.88. The van der Waals surface area contributed by atoms with E-state index in [9.17, 15) is 14.0 Å². The predicted molar refractivity (Wildman–Crippen MR) is 119 cm³/mol. The average Bonchev–Trinajstić information content (AvgIpc) is 3.08. The third-order valence-corrected chi connectivity index (χ3v) is 4.59. The Balaban J connectivity index is 0.00000210. The maximum atomic E-state index is 13.6. The second-order valence-corrected chi connectivity index (χ2v) is 6.48. The van der Waals surface area contributed by atoms with Crippen LogP contribution in [-0.4, -0.2) is 36.4 Å². The van der Waals surface area contributed by atoms with Gasteiger partial charge in [-0.1, -0.05) is 6.92 Å².